The standard InChI is InChI=1S/C14H27Cl3O2Si/c15-20(16,17)13-11-9-7-5-3-1-2-4-6-8-10-12-14(18)19/h1-13H2,(H,18,19). The van der Waals surface area contributed by atoms with Gasteiger partial charge >= 0.3 is 12.0 Å². The number of carboxylic acids is 1. The third-order valence-corrected chi connectivity index (χ3v) is 5.97. The van der Waals surface area contributed by atoms with Crippen molar-refractivity contribution in [3.63, 3.8) is 0 Å². The molecule has 20 heavy (non-hydrogen) atoms. The van der Waals surface area contributed by atoms with Crippen LogP contribution in [0.2, 0.25) is 6.04 Å². The predicted octanol–water partition coefficient (Wildman–Crippen LogP) is 6.41. The Labute approximate surface area is 138 Å². The lowest BCUT2D eigenvalue weighted by atomic mass is 10.1. The number of carbonyl (C=O) groups is 1. The van der Waals surface area contributed by atoms with Crippen LogP contribution in [0.5, 0.6) is 0 Å². The van der Waals surface area contributed by atoms with E-state index in [0.29, 0.717) is 6.42 Å². The molecule has 0 aliphatic heterocycles. The van der Waals surface area contributed by atoms with Crippen LogP contribution >= 0.6 is 33.2 Å². The van der Waals surface area contributed by atoms with Gasteiger partial charge in [0.15, 0.2) is 0 Å². The fourth-order valence-electron chi connectivity index (χ4n) is 2.19. The Morgan fingerprint density at radius 3 is 1.40 bits per heavy atom. The van der Waals surface area contributed by atoms with E-state index in [0.717, 1.165) is 25.3 Å². The molecule has 0 rings (SSSR count). The maximum Gasteiger partial charge on any atom is 0.341 e. The maximum atomic E-state index is 10.3. The summed E-state index contributed by atoms with van der Waals surface area (Å²) in [6, 6.07) is -1.60. The molecule has 6 heteroatoms. The molecule has 0 spiro atoms. The Morgan fingerprint density at radius 2 is 1.05 bits per heavy atom. The SMILES string of the molecule is O=C(O)CCCCCCCCCCCCC[Si](Cl)(Cl)Cl. The molecule has 0 aromatic heterocycles. The molecule has 0 amide bonds. The molecule has 0 heterocycles. The highest BCUT2D eigenvalue weighted by molar-refractivity contribution is 7.64. The van der Waals surface area contributed by atoms with Gasteiger partial charge in [0.25, 0.3) is 0 Å². The first kappa shape index (κ1) is 20.6. The molecular weight excluding hydrogens is 335 g/mol. The topological polar surface area (TPSA) is 37.3 Å². The van der Waals surface area contributed by atoms with E-state index in [1.165, 1.54) is 51.4 Å². The smallest absolute Gasteiger partial charge is 0.341 e. The normalized spacial score (nSPS) is 11.8. The summed E-state index contributed by atoms with van der Waals surface area (Å²) in [7, 11) is 0. The Hall–Kier alpha value is 0.557. The summed E-state index contributed by atoms with van der Waals surface area (Å²) in [5.41, 5.74) is 0. The molecule has 120 valence electrons. The molecule has 0 radical (unpaired) electrons. The summed E-state index contributed by atoms with van der Waals surface area (Å²) in [6.45, 7) is 0. The quantitative estimate of drug-likeness (QED) is 0.220. The van der Waals surface area contributed by atoms with Gasteiger partial charge in [-0.25, -0.2) is 0 Å². The van der Waals surface area contributed by atoms with Crippen LogP contribution in [-0.2, 0) is 4.79 Å². The molecule has 0 aromatic carbocycles. The van der Waals surface area contributed by atoms with Crippen LogP contribution in [0.1, 0.15) is 77.0 Å². The van der Waals surface area contributed by atoms with E-state index < -0.39 is 12.0 Å². The summed E-state index contributed by atoms with van der Waals surface area (Å²) < 4.78 is 0. The average molecular weight is 362 g/mol. The van der Waals surface area contributed by atoms with Crippen molar-refractivity contribution in [2.24, 2.45) is 0 Å². The van der Waals surface area contributed by atoms with E-state index in [1.807, 2.05) is 0 Å². The minimum Gasteiger partial charge on any atom is -0.481 e. The van der Waals surface area contributed by atoms with Gasteiger partial charge in [-0.2, -0.15) is 0 Å². The number of carboxylic acid groups (broad SMARTS) is 1. The van der Waals surface area contributed by atoms with Crippen molar-refractivity contribution in [1.82, 2.24) is 0 Å². The van der Waals surface area contributed by atoms with E-state index in [1.54, 1.807) is 0 Å². The van der Waals surface area contributed by atoms with Gasteiger partial charge in [0.1, 0.15) is 0 Å². The van der Waals surface area contributed by atoms with Crippen molar-refractivity contribution >= 4 is 45.2 Å². The Kier molecular flexibility index (Phi) is 13.6. The molecule has 0 fully saturated rings. The lowest BCUT2D eigenvalue weighted by Gasteiger charge is -2.06. The predicted molar refractivity (Wildman–Crippen MR) is 91.2 cm³/mol. The first-order chi connectivity index (χ1) is 9.42. The fraction of sp³-hybridized carbons (Fsp3) is 0.929. The number of halogens is 3. The summed E-state index contributed by atoms with van der Waals surface area (Å²) >= 11 is 17.5. The van der Waals surface area contributed by atoms with E-state index in [9.17, 15) is 4.79 Å². The maximum absolute atomic E-state index is 10.3. The monoisotopic (exact) mass is 360 g/mol. The van der Waals surface area contributed by atoms with Crippen molar-refractivity contribution in [3.05, 3.63) is 0 Å². The van der Waals surface area contributed by atoms with Crippen molar-refractivity contribution in [3.8, 4) is 0 Å². The van der Waals surface area contributed by atoms with E-state index in [4.69, 9.17) is 38.3 Å². The number of rotatable bonds is 14. The molecular formula is C14H27Cl3O2Si. The van der Waals surface area contributed by atoms with Gasteiger partial charge in [0.2, 0.25) is 0 Å². The molecule has 0 atom stereocenters. The van der Waals surface area contributed by atoms with Crippen LogP contribution in [0.15, 0.2) is 0 Å². The zero-order chi connectivity index (χ0) is 15.3. The highest BCUT2D eigenvalue weighted by Crippen LogP contribution is 2.27. The van der Waals surface area contributed by atoms with Crippen LogP contribution in [0.25, 0.3) is 0 Å². The summed E-state index contributed by atoms with van der Waals surface area (Å²) in [6.07, 6.45) is 13.2. The molecule has 0 aromatic rings. The molecule has 2 nitrogen and oxygen atoms in total. The second kappa shape index (κ2) is 13.2. The highest BCUT2D eigenvalue weighted by Gasteiger charge is 2.23. The van der Waals surface area contributed by atoms with Crippen LogP contribution in [0.4, 0.5) is 0 Å². The highest BCUT2D eigenvalue weighted by atomic mass is 35.8. The van der Waals surface area contributed by atoms with E-state index in [2.05, 4.69) is 0 Å². The lowest BCUT2D eigenvalue weighted by molar-refractivity contribution is -0.137. The zero-order valence-corrected chi connectivity index (χ0v) is 15.4. The zero-order valence-electron chi connectivity index (χ0n) is 12.2. The van der Waals surface area contributed by atoms with Crippen molar-refractivity contribution < 1.29 is 9.90 Å². The van der Waals surface area contributed by atoms with Crippen molar-refractivity contribution in [2.75, 3.05) is 0 Å². The summed E-state index contributed by atoms with van der Waals surface area (Å²) in [5.74, 6) is -0.678. The van der Waals surface area contributed by atoms with Gasteiger partial charge in [-0.1, -0.05) is 64.2 Å². The van der Waals surface area contributed by atoms with Gasteiger partial charge in [-0.3, -0.25) is 4.79 Å². The third-order valence-electron chi connectivity index (χ3n) is 3.35. The van der Waals surface area contributed by atoms with E-state index >= 15 is 0 Å². The largest absolute Gasteiger partial charge is 0.481 e. The number of hydrogen-bond acceptors (Lipinski definition) is 1. The number of aliphatic carboxylic acids is 1. The second-order valence-electron chi connectivity index (χ2n) is 5.40. The van der Waals surface area contributed by atoms with Crippen LogP contribution in [0, 0.1) is 0 Å². The van der Waals surface area contributed by atoms with Crippen LogP contribution in [0.3, 0.4) is 0 Å². The summed E-state index contributed by atoms with van der Waals surface area (Å²) in [4.78, 5) is 10.3. The van der Waals surface area contributed by atoms with Gasteiger partial charge < -0.3 is 5.11 Å². The van der Waals surface area contributed by atoms with Gasteiger partial charge in [0, 0.05) is 6.42 Å². The molecule has 1 N–H and O–H groups in total. The van der Waals surface area contributed by atoms with E-state index in [-0.39, 0.29) is 0 Å². The van der Waals surface area contributed by atoms with Crippen LogP contribution in [-0.4, -0.2) is 17.1 Å². The first-order valence-electron chi connectivity index (χ1n) is 7.70. The van der Waals surface area contributed by atoms with Gasteiger partial charge in [0.05, 0.1) is 0 Å². The lowest BCUT2D eigenvalue weighted by Crippen LogP contribution is -2.07. The molecule has 0 bridgehead atoms. The van der Waals surface area contributed by atoms with Crippen LogP contribution < -0.4 is 0 Å². The van der Waals surface area contributed by atoms with Crippen molar-refractivity contribution in [2.45, 2.75) is 83.1 Å². The minimum absolute atomic E-state index is 0.317. The molecule has 0 saturated carbocycles. The molecule has 0 saturated heterocycles. The first-order valence-corrected chi connectivity index (χ1v) is 12.9. The van der Waals surface area contributed by atoms with Gasteiger partial charge in [-0.05, 0) is 12.5 Å². The molecule has 0 aliphatic carbocycles. The number of unbranched alkanes of at least 4 members (excludes halogenated alkanes) is 10. The third kappa shape index (κ3) is 18.6. The number of hydrogen-bond donors (Lipinski definition) is 1. The van der Waals surface area contributed by atoms with Crippen molar-refractivity contribution in [1.29, 1.82) is 0 Å². The fourth-order valence-corrected chi connectivity index (χ4v) is 4.05. The Balaban J connectivity index is 3.05. The molecule has 0 aliphatic rings. The second-order valence-corrected chi connectivity index (χ2v) is 14.7. The summed E-state index contributed by atoms with van der Waals surface area (Å²) in [5, 5.41) is 8.50. The Morgan fingerprint density at radius 1 is 0.700 bits per heavy atom. The van der Waals surface area contributed by atoms with Gasteiger partial charge in [-0.15, -0.1) is 33.2 Å². The minimum atomic E-state index is -2.38. The molecule has 0 unspecified atom stereocenters. The Bertz CT molecular complexity index is 245. The average Bonchev–Trinajstić information content (AvgIpc) is 2.33.